The number of aliphatic hydroxyl groups is 1. The van der Waals surface area contributed by atoms with Crippen LogP contribution in [0.5, 0.6) is 0 Å². The third-order valence-corrected chi connectivity index (χ3v) is 3.57. The first-order valence-electron chi connectivity index (χ1n) is 6.83. The first kappa shape index (κ1) is 17.1. The van der Waals surface area contributed by atoms with Gasteiger partial charge in [0.25, 0.3) is 0 Å². The van der Waals surface area contributed by atoms with Gasteiger partial charge in [-0.2, -0.15) is 0 Å². The van der Waals surface area contributed by atoms with Crippen LogP contribution >= 0.6 is 0 Å². The van der Waals surface area contributed by atoms with E-state index in [1.54, 1.807) is 6.92 Å². The highest BCUT2D eigenvalue weighted by Gasteiger charge is 2.28. The molecule has 0 spiro atoms. The van der Waals surface area contributed by atoms with Crippen LogP contribution in [0.15, 0.2) is 24.3 Å². The van der Waals surface area contributed by atoms with Crippen LogP contribution in [0, 0.1) is 11.7 Å². The van der Waals surface area contributed by atoms with Crippen molar-refractivity contribution in [2.75, 3.05) is 11.9 Å². The highest BCUT2D eigenvalue weighted by Crippen LogP contribution is 2.18. The molecule has 0 aliphatic rings. The summed E-state index contributed by atoms with van der Waals surface area (Å²) in [6, 6.07) is 5.25. The normalized spacial score (nSPS) is 14.9. The van der Waals surface area contributed by atoms with Gasteiger partial charge in [-0.15, -0.1) is 0 Å². The van der Waals surface area contributed by atoms with Gasteiger partial charge in [0.1, 0.15) is 5.82 Å². The van der Waals surface area contributed by atoms with Crippen molar-refractivity contribution in [1.29, 1.82) is 0 Å². The molecule has 0 aromatic heterocycles. The summed E-state index contributed by atoms with van der Waals surface area (Å²) in [5, 5.41) is 14.8. The molecule has 1 aromatic rings. The number of nitrogens with one attached hydrogen (secondary N) is 2. The van der Waals surface area contributed by atoms with Crippen molar-refractivity contribution in [3.8, 4) is 0 Å². The number of benzene rings is 1. The molecule has 1 rings (SSSR count). The second-order valence-electron chi connectivity index (χ2n) is 5.31. The Morgan fingerprint density at radius 2 is 2.05 bits per heavy atom. The van der Waals surface area contributed by atoms with Gasteiger partial charge in [0.05, 0.1) is 5.60 Å². The maximum Gasteiger partial charge on any atom is 0.313 e. The fourth-order valence-electron chi connectivity index (χ4n) is 1.71. The molecular formula is C15H21FN2O3. The minimum atomic E-state index is -1.09. The van der Waals surface area contributed by atoms with Gasteiger partial charge < -0.3 is 15.7 Å². The Balaban J connectivity index is 2.54. The van der Waals surface area contributed by atoms with Crippen LogP contribution in [-0.4, -0.2) is 29.1 Å². The molecule has 3 N–H and O–H groups in total. The van der Waals surface area contributed by atoms with Crippen LogP contribution in [0.2, 0.25) is 0 Å². The molecule has 0 fully saturated rings. The zero-order chi connectivity index (χ0) is 16.0. The molecule has 0 aliphatic heterocycles. The number of amides is 2. The van der Waals surface area contributed by atoms with Crippen molar-refractivity contribution in [3.05, 3.63) is 30.1 Å². The Labute approximate surface area is 123 Å². The molecule has 0 aliphatic carbocycles. The molecule has 116 valence electrons. The molecule has 6 heteroatoms. The second kappa shape index (κ2) is 7.17. The van der Waals surface area contributed by atoms with E-state index in [2.05, 4.69) is 10.6 Å². The molecular weight excluding hydrogens is 275 g/mol. The summed E-state index contributed by atoms with van der Waals surface area (Å²) in [5.41, 5.74) is -0.896. The van der Waals surface area contributed by atoms with E-state index in [-0.39, 0.29) is 18.2 Å². The van der Waals surface area contributed by atoms with Crippen LogP contribution in [0.3, 0.4) is 0 Å². The fourth-order valence-corrected chi connectivity index (χ4v) is 1.71. The van der Waals surface area contributed by atoms with Crippen molar-refractivity contribution in [1.82, 2.24) is 5.32 Å². The van der Waals surface area contributed by atoms with E-state index < -0.39 is 23.2 Å². The van der Waals surface area contributed by atoms with Crippen LogP contribution in [0.1, 0.15) is 27.2 Å². The lowest BCUT2D eigenvalue weighted by atomic mass is 9.89. The SMILES string of the molecule is CC[C@H](C)[C@](C)(O)CNC(=O)C(=O)Nc1cccc(F)c1. The Hall–Kier alpha value is -1.95. The Morgan fingerprint density at radius 3 is 2.62 bits per heavy atom. The van der Waals surface area contributed by atoms with Crippen LogP contribution in [0.25, 0.3) is 0 Å². The molecule has 0 saturated heterocycles. The molecule has 1 aromatic carbocycles. The summed E-state index contributed by atoms with van der Waals surface area (Å²) < 4.78 is 13.0. The molecule has 0 unspecified atom stereocenters. The number of hydrogen-bond donors (Lipinski definition) is 3. The smallest absolute Gasteiger partial charge is 0.313 e. The number of hydrogen-bond acceptors (Lipinski definition) is 3. The number of carbonyl (C=O) groups excluding carboxylic acids is 2. The molecule has 0 radical (unpaired) electrons. The highest BCUT2D eigenvalue weighted by molar-refractivity contribution is 6.39. The van der Waals surface area contributed by atoms with E-state index >= 15 is 0 Å². The van der Waals surface area contributed by atoms with Crippen molar-refractivity contribution in [2.24, 2.45) is 5.92 Å². The number of carbonyl (C=O) groups is 2. The van der Waals surface area contributed by atoms with E-state index in [0.717, 1.165) is 12.5 Å². The van der Waals surface area contributed by atoms with E-state index in [1.807, 2.05) is 13.8 Å². The molecule has 5 nitrogen and oxygen atoms in total. The summed E-state index contributed by atoms with van der Waals surface area (Å²) in [6.07, 6.45) is 0.748. The lowest BCUT2D eigenvalue weighted by Crippen LogP contribution is -2.47. The van der Waals surface area contributed by atoms with Crippen LogP contribution in [0.4, 0.5) is 10.1 Å². The molecule has 2 amide bonds. The molecule has 21 heavy (non-hydrogen) atoms. The fraction of sp³-hybridized carbons (Fsp3) is 0.467. The molecule has 0 bridgehead atoms. The second-order valence-corrected chi connectivity index (χ2v) is 5.31. The quantitative estimate of drug-likeness (QED) is 0.723. The summed E-state index contributed by atoms with van der Waals surface area (Å²) in [6.45, 7) is 5.36. The minimum absolute atomic E-state index is 0.0240. The third kappa shape index (κ3) is 5.15. The zero-order valence-electron chi connectivity index (χ0n) is 12.4. The van der Waals surface area contributed by atoms with Crippen molar-refractivity contribution >= 4 is 17.5 Å². The van der Waals surface area contributed by atoms with Gasteiger partial charge in [0, 0.05) is 12.2 Å². The van der Waals surface area contributed by atoms with Crippen molar-refractivity contribution in [2.45, 2.75) is 32.8 Å². The molecule has 0 saturated carbocycles. The number of rotatable bonds is 5. The monoisotopic (exact) mass is 296 g/mol. The van der Waals surface area contributed by atoms with E-state index in [9.17, 15) is 19.1 Å². The first-order chi connectivity index (χ1) is 9.76. The van der Waals surface area contributed by atoms with Gasteiger partial charge in [0.15, 0.2) is 0 Å². The number of anilines is 1. The summed E-state index contributed by atoms with van der Waals surface area (Å²) >= 11 is 0. The van der Waals surface area contributed by atoms with Crippen molar-refractivity contribution in [3.63, 3.8) is 0 Å². The predicted molar refractivity (Wildman–Crippen MR) is 78.1 cm³/mol. The van der Waals surface area contributed by atoms with E-state index in [1.165, 1.54) is 18.2 Å². The maximum absolute atomic E-state index is 13.0. The Morgan fingerprint density at radius 1 is 1.38 bits per heavy atom. The summed E-state index contributed by atoms with van der Waals surface area (Å²) in [7, 11) is 0. The Bertz CT molecular complexity index is 517. The molecule has 0 heterocycles. The van der Waals surface area contributed by atoms with Gasteiger partial charge in [0.2, 0.25) is 0 Å². The van der Waals surface area contributed by atoms with Crippen LogP contribution in [-0.2, 0) is 9.59 Å². The predicted octanol–water partition coefficient (Wildman–Crippen LogP) is 1.68. The van der Waals surface area contributed by atoms with Crippen molar-refractivity contribution < 1.29 is 19.1 Å². The minimum Gasteiger partial charge on any atom is -0.388 e. The largest absolute Gasteiger partial charge is 0.388 e. The topological polar surface area (TPSA) is 78.4 Å². The Kier molecular flexibility index (Phi) is 5.84. The van der Waals surface area contributed by atoms with Gasteiger partial charge in [-0.1, -0.05) is 26.3 Å². The maximum atomic E-state index is 13.0. The van der Waals surface area contributed by atoms with Gasteiger partial charge in [-0.05, 0) is 31.0 Å². The first-order valence-corrected chi connectivity index (χ1v) is 6.83. The summed E-state index contributed by atoms with van der Waals surface area (Å²) in [5.74, 6) is -2.31. The van der Waals surface area contributed by atoms with Gasteiger partial charge >= 0.3 is 11.8 Å². The van der Waals surface area contributed by atoms with Gasteiger partial charge in [-0.25, -0.2) is 4.39 Å². The average Bonchev–Trinajstić information content (AvgIpc) is 2.43. The van der Waals surface area contributed by atoms with Crippen LogP contribution < -0.4 is 10.6 Å². The molecule has 2 atom stereocenters. The summed E-state index contributed by atoms with van der Waals surface area (Å²) in [4.78, 5) is 23.3. The van der Waals surface area contributed by atoms with E-state index in [4.69, 9.17) is 0 Å². The lowest BCUT2D eigenvalue weighted by molar-refractivity contribution is -0.137. The lowest BCUT2D eigenvalue weighted by Gasteiger charge is -2.29. The third-order valence-electron chi connectivity index (χ3n) is 3.57. The average molecular weight is 296 g/mol. The van der Waals surface area contributed by atoms with Gasteiger partial charge in [-0.3, -0.25) is 9.59 Å². The highest BCUT2D eigenvalue weighted by atomic mass is 19.1. The zero-order valence-corrected chi connectivity index (χ0v) is 12.4. The number of halogens is 1. The van der Waals surface area contributed by atoms with E-state index in [0.29, 0.717) is 0 Å². The standard InChI is InChI=1S/C15H21FN2O3/c1-4-10(2)15(3,21)9-17-13(19)14(20)18-12-7-5-6-11(16)8-12/h5-8,10,21H,4,9H2,1-3H3,(H,17,19)(H,18,20)/t10-,15+/m0/s1.